The van der Waals surface area contributed by atoms with Crippen LogP contribution in [0.25, 0.3) is 22.4 Å². The number of carbonyl (C=O) groups is 1. The molecule has 0 saturated heterocycles. The first-order chi connectivity index (χ1) is 14.5. The van der Waals surface area contributed by atoms with Gasteiger partial charge < -0.3 is 14.6 Å². The summed E-state index contributed by atoms with van der Waals surface area (Å²) < 4.78 is 8.72. The van der Waals surface area contributed by atoms with E-state index in [-0.39, 0.29) is 12.3 Å². The third-order valence-electron chi connectivity index (χ3n) is 4.72. The van der Waals surface area contributed by atoms with Gasteiger partial charge in [0.25, 0.3) is 0 Å². The zero-order valence-electron chi connectivity index (χ0n) is 16.9. The second-order valence-electron chi connectivity index (χ2n) is 6.86. The van der Waals surface area contributed by atoms with Gasteiger partial charge >= 0.3 is 5.97 Å². The van der Waals surface area contributed by atoms with Crippen molar-refractivity contribution >= 4 is 34.3 Å². The molecule has 0 aliphatic carbocycles. The minimum Gasteiger partial charge on any atom is -0.461 e. The summed E-state index contributed by atoms with van der Waals surface area (Å²) >= 11 is 6.02. The van der Waals surface area contributed by atoms with Crippen molar-refractivity contribution in [2.24, 2.45) is 7.05 Å². The van der Waals surface area contributed by atoms with E-state index in [2.05, 4.69) is 20.6 Å². The molecule has 0 atom stereocenters. The van der Waals surface area contributed by atoms with E-state index in [1.165, 1.54) is 0 Å². The number of hydrogen-bond acceptors (Lipinski definition) is 6. The Kier molecular flexibility index (Phi) is 5.41. The van der Waals surface area contributed by atoms with Crippen molar-refractivity contribution in [2.75, 3.05) is 11.9 Å². The van der Waals surface area contributed by atoms with Gasteiger partial charge in [-0.2, -0.15) is 0 Å². The lowest BCUT2D eigenvalue weighted by Gasteiger charge is -2.11. The quantitative estimate of drug-likeness (QED) is 0.470. The normalized spacial score (nSPS) is 11.1. The van der Waals surface area contributed by atoms with Gasteiger partial charge in [-0.15, -0.1) is 5.10 Å². The number of benzene rings is 2. The molecule has 30 heavy (non-hydrogen) atoms. The molecule has 2 aromatic heterocycles. The number of hydrogen-bond donors (Lipinski definition) is 1. The fourth-order valence-electron chi connectivity index (χ4n) is 3.25. The van der Waals surface area contributed by atoms with Crippen molar-refractivity contribution in [1.29, 1.82) is 0 Å². The average molecular weight is 425 g/mol. The molecule has 0 amide bonds. The van der Waals surface area contributed by atoms with Gasteiger partial charge in [0, 0.05) is 29.5 Å². The summed E-state index contributed by atoms with van der Waals surface area (Å²) in [5, 5.41) is 12.3. The molecule has 8 nitrogen and oxygen atoms in total. The fourth-order valence-corrected chi connectivity index (χ4v) is 3.37. The zero-order valence-corrected chi connectivity index (χ0v) is 17.6. The van der Waals surface area contributed by atoms with Gasteiger partial charge in [0.1, 0.15) is 11.3 Å². The molecule has 0 bridgehead atoms. The molecule has 0 aliphatic rings. The number of carbonyl (C=O) groups excluding carboxylic acids is 1. The van der Waals surface area contributed by atoms with E-state index in [1.54, 1.807) is 29.9 Å². The van der Waals surface area contributed by atoms with E-state index in [1.807, 2.05) is 42.8 Å². The van der Waals surface area contributed by atoms with Crippen molar-refractivity contribution < 1.29 is 9.53 Å². The number of rotatable bonds is 6. The first-order valence-electron chi connectivity index (χ1n) is 9.50. The number of nitrogens with one attached hydrogen (secondary N) is 1. The van der Waals surface area contributed by atoms with Crippen LogP contribution in [0, 0.1) is 6.92 Å². The second-order valence-corrected chi connectivity index (χ2v) is 7.29. The third kappa shape index (κ3) is 3.86. The highest BCUT2D eigenvalue weighted by atomic mass is 35.5. The van der Waals surface area contributed by atoms with E-state index in [4.69, 9.17) is 16.3 Å². The van der Waals surface area contributed by atoms with Crippen LogP contribution in [0.15, 0.2) is 42.6 Å². The molecule has 154 valence electrons. The van der Waals surface area contributed by atoms with Crippen molar-refractivity contribution in [1.82, 2.24) is 24.5 Å². The summed E-state index contributed by atoms with van der Waals surface area (Å²) in [4.78, 5) is 16.7. The maximum absolute atomic E-state index is 12.2. The maximum Gasteiger partial charge on any atom is 0.358 e. The largest absolute Gasteiger partial charge is 0.461 e. The van der Waals surface area contributed by atoms with E-state index < -0.39 is 5.97 Å². The number of aromatic nitrogens is 5. The van der Waals surface area contributed by atoms with Gasteiger partial charge in [-0.3, -0.25) is 0 Å². The summed E-state index contributed by atoms with van der Waals surface area (Å²) in [6.07, 6.45) is 1.69. The topological polar surface area (TPSA) is 86.9 Å². The first-order valence-corrected chi connectivity index (χ1v) is 9.88. The SMILES string of the molecule is CCOC(=O)c1cn(CNc2cc(C)c3nnn(C)c3c2)c(-c2ccc(Cl)cc2)n1. The number of halogens is 1. The summed E-state index contributed by atoms with van der Waals surface area (Å²) in [5.41, 5.74) is 4.85. The van der Waals surface area contributed by atoms with Crippen LogP contribution in [-0.4, -0.2) is 37.1 Å². The maximum atomic E-state index is 12.2. The Morgan fingerprint density at radius 2 is 2.00 bits per heavy atom. The highest BCUT2D eigenvalue weighted by Gasteiger charge is 2.17. The molecule has 0 aliphatic heterocycles. The minimum absolute atomic E-state index is 0.256. The molecule has 9 heteroatoms. The monoisotopic (exact) mass is 424 g/mol. The zero-order chi connectivity index (χ0) is 21.3. The molecular formula is C21H21ClN6O2. The number of esters is 1. The molecule has 0 fully saturated rings. The van der Waals surface area contributed by atoms with Gasteiger partial charge in [0.15, 0.2) is 5.69 Å². The van der Waals surface area contributed by atoms with Gasteiger partial charge in [-0.1, -0.05) is 16.8 Å². The number of aryl methyl sites for hydroxylation is 2. The van der Waals surface area contributed by atoms with E-state index in [0.29, 0.717) is 17.5 Å². The number of nitrogens with zero attached hydrogens (tertiary/aromatic N) is 5. The molecule has 4 aromatic rings. The van der Waals surface area contributed by atoms with Gasteiger partial charge in [-0.25, -0.2) is 14.5 Å². The highest BCUT2D eigenvalue weighted by Crippen LogP contribution is 2.24. The van der Waals surface area contributed by atoms with Crippen LogP contribution in [0.2, 0.25) is 5.02 Å². The van der Waals surface area contributed by atoms with Gasteiger partial charge in [0.05, 0.1) is 18.8 Å². The molecule has 2 aromatic carbocycles. The van der Waals surface area contributed by atoms with Gasteiger partial charge in [-0.05, 0) is 55.8 Å². The van der Waals surface area contributed by atoms with E-state index in [0.717, 1.165) is 27.8 Å². The van der Waals surface area contributed by atoms with Crippen LogP contribution in [0.4, 0.5) is 5.69 Å². The third-order valence-corrected chi connectivity index (χ3v) is 4.98. The fraction of sp³-hybridized carbons (Fsp3) is 0.238. The van der Waals surface area contributed by atoms with Crippen LogP contribution in [0.3, 0.4) is 0 Å². The predicted octanol–water partition coefficient (Wildman–Crippen LogP) is 4.04. The van der Waals surface area contributed by atoms with E-state index in [9.17, 15) is 4.79 Å². The molecule has 0 saturated carbocycles. The molecule has 0 radical (unpaired) electrons. The number of fused-ring (bicyclic) bond motifs is 1. The van der Waals surface area contributed by atoms with Crippen LogP contribution in [0.5, 0.6) is 0 Å². The summed E-state index contributed by atoms with van der Waals surface area (Å²) in [5.74, 6) is 0.187. The summed E-state index contributed by atoms with van der Waals surface area (Å²) in [7, 11) is 1.86. The Labute approximate surface area is 178 Å². The van der Waals surface area contributed by atoms with Crippen molar-refractivity contribution in [3.63, 3.8) is 0 Å². The number of anilines is 1. The first kappa shape index (κ1) is 19.9. The predicted molar refractivity (Wildman–Crippen MR) is 115 cm³/mol. The molecule has 1 N–H and O–H groups in total. The Morgan fingerprint density at radius 3 is 2.73 bits per heavy atom. The lowest BCUT2D eigenvalue weighted by molar-refractivity contribution is 0.0520. The lowest BCUT2D eigenvalue weighted by Crippen LogP contribution is -2.09. The lowest BCUT2D eigenvalue weighted by atomic mass is 10.2. The molecule has 0 unspecified atom stereocenters. The van der Waals surface area contributed by atoms with Crippen molar-refractivity contribution in [3.8, 4) is 11.4 Å². The van der Waals surface area contributed by atoms with Crippen LogP contribution >= 0.6 is 11.6 Å². The molecule has 2 heterocycles. The molecule has 0 spiro atoms. The van der Waals surface area contributed by atoms with Gasteiger partial charge in [0.2, 0.25) is 0 Å². The Bertz CT molecular complexity index is 1210. The van der Waals surface area contributed by atoms with Crippen LogP contribution in [0.1, 0.15) is 23.0 Å². The standard InChI is InChI=1S/C21H21ClN6O2/c1-4-30-21(29)17-11-28(20(24-17)14-5-7-15(22)8-6-14)12-23-16-9-13(2)19-18(10-16)27(3)26-25-19/h5-11,23H,4,12H2,1-3H3. The van der Waals surface area contributed by atoms with E-state index >= 15 is 0 Å². The van der Waals surface area contributed by atoms with Crippen molar-refractivity contribution in [2.45, 2.75) is 20.5 Å². The van der Waals surface area contributed by atoms with Crippen molar-refractivity contribution in [3.05, 3.63) is 58.9 Å². The van der Waals surface area contributed by atoms with Crippen LogP contribution < -0.4 is 5.32 Å². The van der Waals surface area contributed by atoms with Crippen LogP contribution in [-0.2, 0) is 18.5 Å². The highest BCUT2D eigenvalue weighted by molar-refractivity contribution is 6.30. The second kappa shape index (κ2) is 8.16. The average Bonchev–Trinajstić information content (AvgIpc) is 3.32. The Balaban J connectivity index is 1.66. The smallest absolute Gasteiger partial charge is 0.358 e. The summed E-state index contributed by atoms with van der Waals surface area (Å²) in [6, 6.07) is 11.3. The Morgan fingerprint density at radius 1 is 1.23 bits per heavy atom. The number of imidazole rings is 1. The Hall–Kier alpha value is -3.39. The number of ether oxygens (including phenoxy) is 1. The molecular weight excluding hydrogens is 404 g/mol. The summed E-state index contributed by atoms with van der Waals surface area (Å²) in [6.45, 7) is 4.46. The minimum atomic E-state index is -0.454. The molecule has 4 rings (SSSR count).